The molecule has 2 N–H and O–H groups in total. The first-order valence-electron chi connectivity index (χ1n) is 8.72. The predicted molar refractivity (Wildman–Crippen MR) is 104 cm³/mol. The Kier molecular flexibility index (Phi) is 7.10. The third kappa shape index (κ3) is 4.48. The molecule has 1 saturated heterocycles. The summed E-state index contributed by atoms with van der Waals surface area (Å²) in [6, 6.07) is 9.95. The average Bonchev–Trinajstić information content (AvgIpc) is 2.67. The standard InChI is InChI=1S/C20H21F2N3O2.ClH/c1-13-5-7-14(8-6-13)18(23)20(27)25-11-9-24(10-12-25)19(26)17-15(21)3-2-4-16(17)22;/h2-8,18H,9-12,23H2,1H3;1H. The molecule has 0 spiro atoms. The second-order valence-corrected chi connectivity index (χ2v) is 6.60. The van der Waals surface area contributed by atoms with Crippen LogP contribution in [0.2, 0.25) is 0 Å². The summed E-state index contributed by atoms with van der Waals surface area (Å²) in [4.78, 5) is 28.0. The fourth-order valence-electron chi connectivity index (χ4n) is 3.10. The normalized spacial score (nSPS) is 15.0. The van der Waals surface area contributed by atoms with Crippen molar-refractivity contribution in [2.75, 3.05) is 26.2 Å². The molecule has 0 bridgehead atoms. The van der Waals surface area contributed by atoms with Crippen LogP contribution in [0.1, 0.15) is 27.5 Å². The molecular weight excluding hydrogens is 388 g/mol. The third-order valence-corrected chi connectivity index (χ3v) is 4.76. The third-order valence-electron chi connectivity index (χ3n) is 4.76. The number of aryl methyl sites for hydroxylation is 1. The maximum atomic E-state index is 13.8. The minimum atomic E-state index is -0.889. The van der Waals surface area contributed by atoms with Gasteiger partial charge in [-0.25, -0.2) is 8.78 Å². The van der Waals surface area contributed by atoms with E-state index in [9.17, 15) is 18.4 Å². The number of benzene rings is 2. The van der Waals surface area contributed by atoms with Crippen LogP contribution < -0.4 is 5.73 Å². The average molecular weight is 410 g/mol. The summed E-state index contributed by atoms with van der Waals surface area (Å²) in [6.07, 6.45) is 0. The molecule has 5 nitrogen and oxygen atoms in total. The van der Waals surface area contributed by atoms with Crippen molar-refractivity contribution in [3.8, 4) is 0 Å². The molecule has 1 fully saturated rings. The molecule has 1 aliphatic rings. The number of carbonyl (C=O) groups is 2. The maximum Gasteiger partial charge on any atom is 0.259 e. The van der Waals surface area contributed by atoms with Crippen LogP contribution in [0.15, 0.2) is 42.5 Å². The quantitative estimate of drug-likeness (QED) is 0.847. The summed E-state index contributed by atoms with van der Waals surface area (Å²) < 4.78 is 27.6. The highest BCUT2D eigenvalue weighted by Gasteiger charge is 2.30. The Morgan fingerprint density at radius 3 is 1.96 bits per heavy atom. The number of piperazine rings is 1. The van der Waals surface area contributed by atoms with Crippen molar-refractivity contribution in [1.29, 1.82) is 0 Å². The second-order valence-electron chi connectivity index (χ2n) is 6.60. The highest BCUT2D eigenvalue weighted by molar-refractivity contribution is 5.95. The van der Waals surface area contributed by atoms with Crippen molar-refractivity contribution in [3.63, 3.8) is 0 Å². The first-order valence-corrected chi connectivity index (χ1v) is 8.72. The van der Waals surface area contributed by atoms with Gasteiger partial charge in [-0.1, -0.05) is 35.9 Å². The van der Waals surface area contributed by atoms with Crippen LogP contribution in [0.3, 0.4) is 0 Å². The Balaban J connectivity index is 0.00000280. The highest BCUT2D eigenvalue weighted by Crippen LogP contribution is 2.18. The second kappa shape index (κ2) is 9.12. The molecule has 3 rings (SSSR count). The molecular formula is C20H22ClF2N3O2. The molecule has 1 unspecified atom stereocenters. The Morgan fingerprint density at radius 1 is 0.929 bits per heavy atom. The van der Waals surface area contributed by atoms with Gasteiger partial charge in [0, 0.05) is 26.2 Å². The molecule has 1 heterocycles. The molecule has 8 heteroatoms. The lowest BCUT2D eigenvalue weighted by molar-refractivity contribution is -0.134. The first kappa shape index (κ1) is 21.8. The van der Waals surface area contributed by atoms with Gasteiger partial charge in [0.25, 0.3) is 5.91 Å². The van der Waals surface area contributed by atoms with Gasteiger partial charge in [0.2, 0.25) is 5.91 Å². The Labute approximate surface area is 168 Å². The van der Waals surface area contributed by atoms with E-state index in [2.05, 4.69) is 0 Å². The zero-order chi connectivity index (χ0) is 19.6. The number of amides is 2. The highest BCUT2D eigenvalue weighted by atomic mass is 35.5. The summed E-state index contributed by atoms with van der Waals surface area (Å²) in [5.41, 5.74) is 7.31. The monoisotopic (exact) mass is 409 g/mol. The van der Waals surface area contributed by atoms with Gasteiger partial charge >= 0.3 is 0 Å². The van der Waals surface area contributed by atoms with Crippen LogP contribution in [-0.2, 0) is 4.79 Å². The van der Waals surface area contributed by atoms with Crippen LogP contribution in [0.25, 0.3) is 0 Å². The first-order chi connectivity index (χ1) is 12.9. The van der Waals surface area contributed by atoms with Crippen molar-refractivity contribution in [2.45, 2.75) is 13.0 Å². The van der Waals surface area contributed by atoms with Crippen molar-refractivity contribution < 1.29 is 18.4 Å². The van der Waals surface area contributed by atoms with E-state index >= 15 is 0 Å². The molecule has 0 saturated carbocycles. The SMILES string of the molecule is Cc1ccc(C(N)C(=O)N2CCN(C(=O)c3c(F)cccc3F)CC2)cc1.Cl. The van der Waals surface area contributed by atoms with Crippen LogP contribution in [0, 0.1) is 18.6 Å². The van der Waals surface area contributed by atoms with Crippen molar-refractivity contribution in [3.05, 3.63) is 70.8 Å². The van der Waals surface area contributed by atoms with E-state index in [-0.39, 0.29) is 44.5 Å². The zero-order valence-corrected chi connectivity index (χ0v) is 16.2. The molecule has 0 radical (unpaired) electrons. The summed E-state index contributed by atoms with van der Waals surface area (Å²) in [5.74, 6) is -2.72. The van der Waals surface area contributed by atoms with E-state index in [0.29, 0.717) is 0 Å². The van der Waals surface area contributed by atoms with E-state index < -0.39 is 29.1 Å². The van der Waals surface area contributed by atoms with Crippen LogP contribution >= 0.6 is 12.4 Å². The largest absolute Gasteiger partial charge is 0.337 e. The molecule has 150 valence electrons. The number of hydrogen-bond donors (Lipinski definition) is 1. The zero-order valence-electron chi connectivity index (χ0n) is 15.4. The number of hydrogen-bond acceptors (Lipinski definition) is 3. The minimum absolute atomic E-state index is 0. The number of rotatable bonds is 3. The van der Waals surface area contributed by atoms with Crippen LogP contribution in [-0.4, -0.2) is 47.8 Å². The minimum Gasteiger partial charge on any atom is -0.337 e. The van der Waals surface area contributed by atoms with Crippen LogP contribution in [0.5, 0.6) is 0 Å². The van der Waals surface area contributed by atoms with E-state index in [1.807, 2.05) is 31.2 Å². The number of halogens is 3. The molecule has 2 aromatic rings. The summed E-state index contributed by atoms with van der Waals surface area (Å²) in [7, 11) is 0. The Hall–Kier alpha value is -2.51. The Bertz CT molecular complexity index is 833. The lowest BCUT2D eigenvalue weighted by atomic mass is 10.0. The van der Waals surface area contributed by atoms with Crippen molar-refractivity contribution >= 4 is 24.2 Å². The fraction of sp³-hybridized carbons (Fsp3) is 0.300. The van der Waals surface area contributed by atoms with E-state index in [1.165, 1.54) is 11.0 Å². The lowest BCUT2D eigenvalue weighted by Crippen LogP contribution is -2.52. The van der Waals surface area contributed by atoms with Gasteiger partial charge in [-0.2, -0.15) is 0 Å². The topological polar surface area (TPSA) is 66.6 Å². The molecule has 2 amide bonds. The van der Waals surface area contributed by atoms with Gasteiger partial charge in [0.05, 0.1) is 0 Å². The van der Waals surface area contributed by atoms with Gasteiger partial charge in [-0.15, -0.1) is 12.4 Å². The van der Waals surface area contributed by atoms with Gasteiger partial charge < -0.3 is 15.5 Å². The van der Waals surface area contributed by atoms with Gasteiger partial charge in [-0.05, 0) is 24.6 Å². The fourth-order valence-corrected chi connectivity index (χ4v) is 3.10. The summed E-state index contributed by atoms with van der Waals surface area (Å²) >= 11 is 0. The predicted octanol–water partition coefficient (Wildman–Crippen LogP) is 2.68. The molecule has 0 aromatic heterocycles. The van der Waals surface area contributed by atoms with Crippen molar-refractivity contribution in [2.24, 2.45) is 5.73 Å². The van der Waals surface area contributed by atoms with E-state index in [4.69, 9.17) is 5.73 Å². The number of nitrogens with zero attached hydrogens (tertiary/aromatic N) is 2. The molecule has 28 heavy (non-hydrogen) atoms. The smallest absolute Gasteiger partial charge is 0.259 e. The number of carbonyl (C=O) groups excluding carboxylic acids is 2. The lowest BCUT2D eigenvalue weighted by Gasteiger charge is -2.36. The Morgan fingerprint density at radius 2 is 1.43 bits per heavy atom. The molecule has 1 aliphatic heterocycles. The number of nitrogens with two attached hydrogens (primary N) is 1. The van der Waals surface area contributed by atoms with Crippen molar-refractivity contribution in [1.82, 2.24) is 9.80 Å². The maximum absolute atomic E-state index is 13.8. The van der Waals surface area contributed by atoms with Gasteiger partial charge in [-0.3, -0.25) is 9.59 Å². The van der Waals surface area contributed by atoms with E-state index in [1.54, 1.807) is 4.90 Å². The molecule has 0 aliphatic carbocycles. The molecule has 2 aromatic carbocycles. The summed E-state index contributed by atoms with van der Waals surface area (Å²) in [6.45, 7) is 2.87. The molecule has 1 atom stereocenters. The van der Waals surface area contributed by atoms with Crippen LogP contribution in [0.4, 0.5) is 8.78 Å². The van der Waals surface area contributed by atoms with E-state index in [0.717, 1.165) is 23.3 Å². The van der Waals surface area contributed by atoms with Gasteiger partial charge in [0.1, 0.15) is 23.2 Å². The summed E-state index contributed by atoms with van der Waals surface area (Å²) in [5, 5.41) is 0. The van der Waals surface area contributed by atoms with Gasteiger partial charge in [0.15, 0.2) is 0 Å².